The molecule has 2 aromatic carbocycles. The van der Waals surface area contributed by atoms with Gasteiger partial charge in [-0.3, -0.25) is 9.36 Å². The lowest BCUT2D eigenvalue weighted by Crippen LogP contribution is -2.40. The fourth-order valence-electron chi connectivity index (χ4n) is 4.06. The molecule has 0 fully saturated rings. The van der Waals surface area contributed by atoms with Crippen LogP contribution < -0.4 is 24.4 Å². The first-order chi connectivity index (χ1) is 17.3. The van der Waals surface area contributed by atoms with Crippen molar-refractivity contribution in [2.45, 2.75) is 37.8 Å². The van der Waals surface area contributed by atoms with Crippen molar-refractivity contribution in [3.63, 3.8) is 0 Å². The van der Waals surface area contributed by atoms with Crippen LogP contribution >= 0.6 is 23.1 Å². The Hall–Kier alpha value is -3.30. The molecule has 1 aromatic heterocycles. The Kier molecular flexibility index (Phi) is 7.70. The summed E-state index contributed by atoms with van der Waals surface area (Å²) in [5.41, 5.74) is 2.16. The first-order valence-electron chi connectivity index (χ1n) is 11.4. The number of hydrogen-bond acceptors (Lipinski definition) is 8. The summed E-state index contributed by atoms with van der Waals surface area (Å²) in [5, 5.41) is 0. The predicted octanol–water partition coefficient (Wildman–Crippen LogP) is 3.93. The Morgan fingerprint density at radius 3 is 2.47 bits per heavy atom. The summed E-state index contributed by atoms with van der Waals surface area (Å²) in [6.07, 6.45) is 3.47. The van der Waals surface area contributed by atoms with E-state index >= 15 is 0 Å². The molecule has 0 spiro atoms. The number of nitrogens with zero attached hydrogens (tertiary/aromatic N) is 2. The maximum atomic E-state index is 13.8. The molecule has 0 unspecified atom stereocenters. The minimum atomic E-state index is -0.655. The van der Waals surface area contributed by atoms with Gasteiger partial charge in [0.25, 0.3) is 5.56 Å². The van der Waals surface area contributed by atoms with Crippen LogP contribution in [0.15, 0.2) is 68.4 Å². The molecule has 2 heterocycles. The molecule has 1 atom stereocenters. The van der Waals surface area contributed by atoms with E-state index in [1.165, 1.54) is 11.3 Å². The van der Waals surface area contributed by atoms with E-state index in [1.54, 1.807) is 69.5 Å². The van der Waals surface area contributed by atoms with Crippen molar-refractivity contribution in [2.24, 2.45) is 4.99 Å². The highest BCUT2D eigenvalue weighted by molar-refractivity contribution is 7.98. The molecule has 0 bridgehead atoms. The number of carbonyl (C=O) groups excluding carboxylic acids is 1. The van der Waals surface area contributed by atoms with E-state index in [9.17, 15) is 9.59 Å². The number of thioether (sulfide) groups is 1. The Balaban J connectivity index is 1.95. The fraction of sp³-hybridized carbons (Fsp3) is 0.296. The molecule has 9 heteroatoms. The Bertz CT molecular complexity index is 1500. The average molecular weight is 525 g/mol. The molecule has 4 rings (SSSR count). The fourth-order valence-corrected chi connectivity index (χ4v) is 5.50. The molecule has 36 heavy (non-hydrogen) atoms. The van der Waals surface area contributed by atoms with Crippen molar-refractivity contribution < 1.29 is 19.0 Å². The summed E-state index contributed by atoms with van der Waals surface area (Å²) in [6, 6.07) is 12.6. The maximum Gasteiger partial charge on any atom is 0.338 e. The summed E-state index contributed by atoms with van der Waals surface area (Å²) in [5.74, 6) is 0.785. The van der Waals surface area contributed by atoms with Gasteiger partial charge in [0.2, 0.25) is 0 Å². The summed E-state index contributed by atoms with van der Waals surface area (Å²) in [6.45, 7) is 5.38. The third-order valence-corrected chi connectivity index (χ3v) is 7.47. The van der Waals surface area contributed by atoms with Gasteiger partial charge in [0.05, 0.1) is 42.2 Å². The van der Waals surface area contributed by atoms with Gasteiger partial charge in [-0.1, -0.05) is 23.5 Å². The highest BCUT2D eigenvalue weighted by Gasteiger charge is 2.33. The van der Waals surface area contributed by atoms with E-state index in [-0.39, 0.29) is 11.7 Å². The minimum absolute atomic E-state index is 0.245. The van der Waals surface area contributed by atoms with Crippen LogP contribution in [0.3, 0.4) is 0 Å². The number of ether oxygens (including phenoxy) is 3. The molecule has 0 radical (unpaired) electrons. The smallest absolute Gasteiger partial charge is 0.338 e. The number of fused-ring (bicyclic) bond motifs is 1. The molecule has 188 valence electrons. The van der Waals surface area contributed by atoms with Crippen molar-refractivity contribution >= 4 is 35.1 Å². The standard InChI is InChI=1S/C27H28N2O5S2/c1-15(2)34-26(31)23-16(3)28-27-29(24(23)17-7-10-20(35-6)11-8-17)25(30)22(36-27)14-18-13-19(32-4)9-12-21(18)33-5/h7-15,24H,1-6H3/b22-14-/t24-/m0/s1. The van der Waals surface area contributed by atoms with Gasteiger partial charge < -0.3 is 14.2 Å². The van der Waals surface area contributed by atoms with Crippen molar-refractivity contribution in [1.29, 1.82) is 0 Å². The van der Waals surface area contributed by atoms with Crippen LogP contribution in [0.2, 0.25) is 0 Å². The van der Waals surface area contributed by atoms with E-state index < -0.39 is 12.0 Å². The van der Waals surface area contributed by atoms with Crippen LogP contribution in [0.5, 0.6) is 11.5 Å². The maximum absolute atomic E-state index is 13.8. The molecule has 3 aromatic rings. The van der Waals surface area contributed by atoms with Gasteiger partial charge >= 0.3 is 5.97 Å². The van der Waals surface area contributed by atoms with Crippen LogP contribution in [-0.2, 0) is 9.53 Å². The minimum Gasteiger partial charge on any atom is -0.497 e. The van der Waals surface area contributed by atoms with Crippen LogP contribution in [0.25, 0.3) is 6.08 Å². The Morgan fingerprint density at radius 2 is 1.86 bits per heavy atom. The molecule has 0 aliphatic carbocycles. The molecule has 1 aliphatic heterocycles. The van der Waals surface area contributed by atoms with E-state index in [0.29, 0.717) is 37.7 Å². The zero-order valence-corrected chi connectivity index (χ0v) is 22.7. The van der Waals surface area contributed by atoms with E-state index in [2.05, 4.69) is 4.99 Å². The molecule has 0 amide bonds. The highest BCUT2D eigenvalue weighted by atomic mass is 32.2. The Labute approximate surface area is 217 Å². The molecular formula is C27H28N2O5S2. The number of esters is 1. The van der Waals surface area contributed by atoms with Gasteiger partial charge in [-0.05, 0) is 69.0 Å². The number of carbonyl (C=O) groups is 1. The van der Waals surface area contributed by atoms with Crippen LogP contribution in [-0.4, -0.2) is 37.1 Å². The van der Waals surface area contributed by atoms with Gasteiger partial charge in [-0.25, -0.2) is 9.79 Å². The lowest BCUT2D eigenvalue weighted by Gasteiger charge is -2.25. The molecule has 1 aliphatic rings. The summed E-state index contributed by atoms with van der Waals surface area (Å²) in [4.78, 5) is 33.3. The van der Waals surface area contributed by atoms with Gasteiger partial charge in [-0.2, -0.15) is 0 Å². The van der Waals surface area contributed by atoms with Gasteiger partial charge in [0.1, 0.15) is 11.5 Å². The normalized spacial score (nSPS) is 15.5. The quantitative estimate of drug-likeness (QED) is 0.344. The van der Waals surface area contributed by atoms with Gasteiger partial charge in [0, 0.05) is 10.5 Å². The summed E-state index contributed by atoms with van der Waals surface area (Å²) >= 11 is 2.89. The second kappa shape index (κ2) is 10.8. The molecule has 0 saturated carbocycles. The molecule has 7 nitrogen and oxygen atoms in total. The second-order valence-corrected chi connectivity index (χ2v) is 10.3. The van der Waals surface area contributed by atoms with Crippen LogP contribution in [0, 0.1) is 0 Å². The predicted molar refractivity (Wildman–Crippen MR) is 143 cm³/mol. The number of hydrogen-bond donors (Lipinski definition) is 0. The topological polar surface area (TPSA) is 79.1 Å². The number of methoxy groups -OCH3 is 2. The zero-order valence-electron chi connectivity index (χ0n) is 21.0. The van der Waals surface area contributed by atoms with Crippen molar-refractivity contribution in [3.05, 3.63) is 84.5 Å². The Morgan fingerprint density at radius 1 is 1.14 bits per heavy atom. The van der Waals surface area contributed by atoms with Crippen LogP contribution in [0.1, 0.15) is 37.9 Å². The third-order valence-electron chi connectivity index (χ3n) is 5.74. The molecular weight excluding hydrogens is 496 g/mol. The van der Waals surface area contributed by atoms with E-state index in [1.807, 2.05) is 36.6 Å². The van der Waals surface area contributed by atoms with Gasteiger partial charge in [-0.15, -0.1) is 11.8 Å². The monoisotopic (exact) mass is 524 g/mol. The van der Waals surface area contributed by atoms with Crippen molar-refractivity contribution in [2.75, 3.05) is 20.5 Å². The zero-order chi connectivity index (χ0) is 26.0. The van der Waals surface area contributed by atoms with Crippen molar-refractivity contribution in [3.8, 4) is 11.5 Å². The van der Waals surface area contributed by atoms with E-state index in [0.717, 1.165) is 10.5 Å². The number of allylic oxidation sites excluding steroid dienone is 1. The first kappa shape index (κ1) is 25.8. The highest BCUT2D eigenvalue weighted by Crippen LogP contribution is 2.32. The second-order valence-electron chi connectivity index (χ2n) is 8.42. The lowest BCUT2D eigenvalue weighted by molar-refractivity contribution is -0.143. The van der Waals surface area contributed by atoms with Crippen LogP contribution in [0.4, 0.5) is 0 Å². The largest absolute Gasteiger partial charge is 0.497 e. The lowest BCUT2D eigenvalue weighted by atomic mass is 9.96. The van der Waals surface area contributed by atoms with Gasteiger partial charge in [0.15, 0.2) is 4.80 Å². The molecule has 0 N–H and O–H groups in total. The third kappa shape index (κ3) is 4.99. The first-order valence-corrected chi connectivity index (χ1v) is 13.4. The SMILES string of the molecule is COc1ccc(OC)c(/C=c2\sc3n(c2=O)[C@@H](c2ccc(SC)cc2)C(C(=O)OC(C)C)=C(C)N=3)c1. The van der Waals surface area contributed by atoms with Crippen molar-refractivity contribution in [1.82, 2.24) is 4.57 Å². The summed E-state index contributed by atoms with van der Waals surface area (Å²) in [7, 11) is 3.16. The molecule has 0 saturated heterocycles. The number of rotatable bonds is 7. The summed E-state index contributed by atoms with van der Waals surface area (Å²) < 4.78 is 18.5. The number of benzene rings is 2. The average Bonchev–Trinajstić information content (AvgIpc) is 3.16. The number of aromatic nitrogens is 1. The number of thiazole rings is 1. The van der Waals surface area contributed by atoms with E-state index in [4.69, 9.17) is 14.2 Å².